The third-order valence-corrected chi connectivity index (χ3v) is 4.08. The van der Waals surface area contributed by atoms with Crippen LogP contribution in [-0.2, 0) is 0 Å². The van der Waals surface area contributed by atoms with Crippen LogP contribution in [-0.4, -0.2) is 25.5 Å². The minimum Gasteiger partial charge on any atom is -0.365 e. The molecule has 4 rings (SSSR count). The van der Waals surface area contributed by atoms with Gasteiger partial charge in [-0.1, -0.05) is 24.3 Å². The van der Waals surface area contributed by atoms with E-state index in [0.29, 0.717) is 16.9 Å². The van der Waals surface area contributed by atoms with E-state index < -0.39 is 5.91 Å². The van der Waals surface area contributed by atoms with Crippen molar-refractivity contribution in [1.82, 2.24) is 19.6 Å². The summed E-state index contributed by atoms with van der Waals surface area (Å²) in [5.74, 6) is -0.543. The number of hydrogen-bond acceptors (Lipinski definition) is 5. The smallest absolute Gasteiger partial charge is 0.252 e. The van der Waals surface area contributed by atoms with Crippen LogP contribution in [0.25, 0.3) is 28.0 Å². The monoisotopic (exact) mass is 340 g/mol. The zero-order valence-electron chi connectivity index (χ0n) is 13.5. The van der Waals surface area contributed by atoms with Gasteiger partial charge in [-0.25, -0.2) is 14.5 Å². The second kappa shape index (κ2) is 6.11. The molecule has 0 atom stereocenters. The van der Waals surface area contributed by atoms with Gasteiger partial charge in [0, 0.05) is 17.3 Å². The molecule has 2 N–H and O–H groups in total. The van der Waals surface area contributed by atoms with Crippen molar-refractivity contribution in [3.63, 3.8) is 0 Å². The number of primary amides is 1. The summed E-state index contributed by atoms with van der Waals surface area (Å²) in [5, 5.41) is 13.0. The molecule has 0 saturated heterocycles. The molecule has 0 fully saturated rings. The number of hydrogen-bond donors (Lipinski definition) is 1. The molecule has 26 heavy (non-hydrogen) atoms. The van der Waals surface area contributed by atoms with Gasteiger partial charge >= 0.3 is 0 Å². The van der Waals surface area contributed by atoms with Crippen LogP contribution in [0.3, 0.4) is 0 Å². The van der Waals surface area contributed by atoms with Crippen molar-refractivity contribution in [2.24, 2.45) is 5.73 Å². The van der Waals surface area contributed by atoms with E-state index in [1.54, 1.807) is 28.9 Å². The Kier molecular flexibility index (Phi) is 3.64. The van der Waals surface area contributed by atoms with Crippen molar-refractivity contribution < 1.29 is 4.79 Å². The average molecular weight is 340 g/mol. The normalized spacial score (nSPS) is 10.6. The molecule has 0 aliphatic carbocycles. The molecule has 0 aliphatic heterocycles. The van der Waals surface area contributed by atoms with Crippen molar-refractivity contribution in [2.75, 3.05) is 0 Å². The fraction of sp³-hybridized carbons (Fsp3) is 0. The number of nitrogens with two attached hydrogens (primary N) is 1. The lowest BCUT2D eigenvalue weighted by atomic mass is 10.0. The first-order valence-electron chi connectivity index (χ1n) is 7.77. The third kappa shape index (κ3) is 2.56. The van der Waals surface area contributed by atoms with E-state index in [9.17, 15) is 4.79 Å². The second-order valence-electron chi connectivity index (χ2n) is 5.61. The SMILES string of the molecule is N#Cc1ccc(-c2ccc(-c3ccc(C(N)=O)c4ncnn34)cc2)cn1. The zero-order valence-corrected chi connectivity index (χ0v) is 13.5. The summed E-state index contributed by atoms with van der Waals surface area (Å²) in [6.07, 6.45) is 3.06. The molecule has 0 unspecified atom stereocenters. The first-order valence-corrected chi connectivity index (χ1v) is 7.77. The van der Waals surface area contributed by atoms with Crippen molar-refractivity contribution in [3.05, 3.63) is 72.3 Å². The van der Waals surface area contributed by atoms with Crippen molar-refractivity contribution in [1.29, 1.82) is 5.26 Å². The second-order valence-corrected chi connectivity index (χ2v) is 5.61. The quantitative estimate of drug-likeness (QED) is 0.616. The number of rotatable bonds is 3. The maximum absolute atomic E-state index is 11.5. The molecule has 3 aromatic heterocycles. The van der Waals surface area contributed by atoms with Gasteiger partial charge in [0.2, 0.25) is 0 Å². The molecule has 0 bridgehead atoms. The van der Waals surface area contributed by atoms with Crippen LogP contribution >= 0.6 is 0 Å². The number of nitriles is 1. The van der Waals surface area contributed by atoms with Crippen LogP contribution in [0.4, 0.5) is 0 Å². The number of pyridine rings is 2. The topological polar surface area (TPSA) is 110 Å². The Bertz CT molecular complexity index is 1150. The standard InChI is InChI=1S/C19H12N6O/c20-9-15-6-5-14(10-22-15)12-1-3-13(4-2-12)17-8-7-16(18(21)26)19-23-11-24-25(17)19/h1-8,10-11H,(H2,21,26). The highest BCUT2D eigenvalue weighted by atomic mass is 16.1. The highest BCUT2D eigenvalue weighted by molar-refractivity contribution is 5.99. The summed E-state index contributed by atoms with van der Waals surface area (Å²) < 4.78 is 1.60. The van der Waals surface area contributed by atoms with Gasteiger partial charge < -0.3 is 5.73 Å². The molecule has 0 saturated carbocycles. The Morgan fingerprint density at radius 2 is 1.69 bits per heavy atom. The van der Waals surface area contributed by atoms with Gasteiger partial charge in [0.15, 0.2) is 5.65 Å². The summed E-state index contributed by atoms with van der Waals surface area (Å²) >= 11 is 0. The summed E-state index contributed by atoms with van der Waals surface area (Å²) in [4.78, 5) is 19.7. The molecule has 0 aliphatic rings. The Morgan fingerprint density at radius 1 is 0.962 bits per heavy atom. The van der Waals surface area contributed by atoms with Gasteiger partial charge in [0.05, 0.1) is 11.3 Å². The summed E-state index contributed by atoms with van der Waals surface area (Å²) in [7, 11) is 0. The maximum atomic E-state index is 11.5. The molecule has 7 heteroatoms. The Hall–Kier alpha value is -4.05. The number of benzene rings is 1. The number of amides is 1. The van der Waals surface area contributed by atoms with Crippen molar-refractivity contribution in [2.45, 2.75) is 0 Å². The molecule has 124 valence electrons. The van der Waals surface area contributed by atoms with Crippen molar-refractivity contribution >= 4 is 11.6 Å². The molecule has 1 amide bonds. The highest BCUT2D eigenvalue weighted by Gasteiger charge is 2.13. The van der Waals surface area contributed by atoms with E-state index in [-0.39, 0.29) is 0 Å². The predicted molar refractivity (Wildman–Crippen MR) is 94.9 cm³/mol. The molecule has 3 heterocycles. The zero-order chi connectivity index (χ0) is 18.1. The Balaban J connectivity index is 1.74. The Labute approximate surface area is 148 Å². The average Bonchev–Trinajstić information content (AvgIpc) is 3.17. The molecule has 4 aromatic rings. The molecule has 0 radical (unpaired) electrons. The molecule has 7 nitrogen and oxygen atoms in total. The van der Waals surface area contributed by atoms with Gasteiger partial charge in [0.25, 0.3) is 5.91 Å². The summed E-state index contributed by atoms with van der Waals surface area (Å²) in [6.45, 7) is 0. The number of nitrogens with zero attached hydrogens (tertiary/aromatic N) is 5. The van der Waals surface area contributed by atoms with Gasteiger partial charge in [-0.05, 0) is 29.8 Å². The van der Waals surface area contributed by atoms with Crippen LogP contribution in [0.5, 0.6) is 0 Å². The van der Waals surface area contributed by atoms with Crippen LogP contribution < -0.4 is 5.73 Å². The number of fused-ring (bicyclic) bond motifs is 1. The molecule has 0 spiro atoms. The van der Waals surface area contributed by atoms with E-state index in [1.165, 1.54) is 6.33 Å². The van der Waals surface area contributed by atoms with Crippen LogP contribution in [0.15, 0.2) is 61.1 Å². The number of carbonyl (C=O) groups is 1. The number of aromatic nitrogens is 4. The maximum Gasteiger partial charge on any atom is 0.252 e. The lowest BCUT2D eigenvalue weighted by molar-refractivity contribution is 0.100. The third-order valence-electron chi connectivity index (χ3n) is 4.08. The van der Waals surface area contributed by atoms with Gasteiger partial charge in [-0.2, -0.15) is 10.4 Å². The van der Waals surface area contributed by atoms with Crippen LogP contribution in [0.2, 0.25) is 0 Å². The largest absolute Gasteiger partial charge is 0.365 e. The van der Waals surface area contributed by atoms with Crippen LogP contribution in [0, 0.1) is 11.3 Å². The van der Waals surface area contributed by atoms with E-state index in [0.717, 1.165) is 22.4 Å². The van der Waals surface area contributed by atoms with Gasteiger partial charge in [0.1, 0.15) is 18.1 Å². The molecular weight excluding hydrogens is 328 g/mol. The minimum absolute atomic E-state index is 0.325. The Morgan fingerprint density at radius 3 is 2.35 bits per heavy atom. The fourth-order valence-electron chi connectivity index (χ4n) is 2.78. The van der Waals surface area contributed by atoms with E-state index >= 15 is 0 Å². The van der Waals surface area contributed by atoms with Gasteiger partial charge in [-0.3, -0.25) is 4.79 Å². The number of carbonyl (C=O) groups excluding carboxylic acids is 1. The highest BCUT2D eigenvalue weighted by Crippen LogP contribution is 2.25. The van der Waals surface area contributed by atoms with Gasteiger partial charge in [-0.15, -0.1) is 0 Å². The first kappa shape index (κ1) is 15.5. The predicted octanol–water partition coefficient (Wildman–Crippen LogP) is 2.43. The van der Waals surface area contributed by atoms with Crippen molar-refractivity contribution in [3.8, 4) is 28.5 Å². The van der Waals surface area contributed by atoms with E-state index in [4.69, 9.17) is 11.0 Å². The van der Waals surface area contributed by atoms with Crippen LogP contribution in [0.1, 0.15) is 16.1 Å². The molecular formula is C19H12N6O. The molecule has 1 aromatic carbocycles. The first-order chi connectivity index (χ1) is 12.7. The summed E-state index contributed by atoms with van der Waals surface area (Å²) in [6, 6.07) is 16.8. The lowest BCUT2D eigenvalue weighted by Gasteiger charge is -2.08. The van der Waals surface area contributed by atoms with E-state index in [2.05, 4.69) is 15.1 Å². The fourth-order valence-corrected chi connectivity index (χ4v) is 2.78. The van der Waals surface area contributed by atoms with E-state index in [1.807, 2.05) is 36.4 Å². The minimum atomic E-state index is -0.543. The summed E-state index contributed by atoms with van der Waals surface area (Å²) in [5.41, 5.74) is 10.1. The lowest BCUT2D eigenvalue weighted by Crippen LogP contribution is -2.13.